The summed E-state index contributed by atoms with van der Waals surface area (Å²) in [5, 5.41) is 0. The number of amides is 1. The zero-order valence-corrected chi connectivity index (χ0v) is 12.9. The summed E-state index contributed by atoms with van der Waals surface area (Å²) in [7, 11) is 7.87. The zero-order chi connectivity index (χ0) is 14.3. The third-order valence-corrected chi connectivity index (χ3v) is 3.34. The van der Waals surface area contributed by atoms with Crippen molar-refractivity contribution in [1.82, 2.24) is 14.7 Å². The first-order chi connectivity index (χ1) is 9.02. The zero-order valence-electron chi connectivity index (χ0n) is 12.9. The lowest BCUT2D eigenvalue weighted by Crippen LogP contribution is -2.36. The van der Waals surface area contributed by atoms with Crippen molar-refractivity contribution in [2.24, 2.45) is 4.99 Å². The Balaban J connectivity index is 2.42. The molecule has 0 aromatic heterocycles. The van der Waals surface area contributed by atoms with Crippen molar-refractivity contribution in [3.05, 3.63) is 0 Å². The number of aliphatic imine (C=N–C) groups is 1. The normalized spacial score (nSPS) is 15.7. The molecule has 0 saturated carbocycles. The van der Waals surface area contributed by atoms with Crippen molar-refractivity contribution in [2.45, 2.75) is 32.1 Å². The second kappa shape index (κ2) is 8.02. The molecule has 0 spiro atoms. The fraction of sp³-hybridized carbons (Fsp3) is 0.857. The largest absolute Gasteiger partial charge is 0.349 e. The summed E-state index contributed by atoms with van der Waals surface area (Å²) in [6, 6.07) is 0. The Morgan fingerprint density at radius 2 is 1.53 bits per heavy atom. The molecule has 1 aliphatic rings. The first-order valence-electron chi connectivity index (χ1n) is 7.19. The van der Waals surface area contributed by atoms with Gasteiger partial charge in [-0.15, -0.1) is 0 Å². The Kier molecular flexibility index (Phi) is 6.67. The van der Waals surface area contributed by atoms with E-state index in [1.165, 1.54) is 12.8 Å². The molecule has 1 amide bonds. The lowest BCUT2D eigenvalue weighted by molar-refractivity contribution is -0.130. The average Bonchev–Trinajstić information content (AvgIpc) is 2.62. The number of hydrogen-bond donors (Lipinski definition) is 0. The van der Waals surface area contributed by atoms with E-state index in [1.54, 1.807) is 0 Å². The maximum absolute atomic E-state index is 12.1. The minimum Gasteiger partial charge on any atom is -0.349 e. The van der Waals surface area contributed by atoms with Gasteiger partial charge in [0.2, 0.25) is 5.91 Å². The lowest BCUT2D eigenvalue weighted by Gasteiger charge is -2.23. The summed E-state index contributed by atoms with van der Waals surface area (Å²) < 4.78 is 0. The molecule has 0 aliphatic carbocycles. The van der Waals surface area contributed by atoms with Crippen LogP contribution in [0, 0.1) is 0 Å². The number of nitrogens with zero attached hydrogens (tertiary/aromatic N) is 4. The van der Waals surface area contributed by atoms with Crippen LogP contribution in [0.4, 0.5) is 0 Å². The molecule has 5 heteroatoms. The van der Waals surface area contributed by atoms with E-state index in [0.717, 1.165) is 31.9 Å². The van der Waals surface area contributed by atoms with Crippen LogP contribution in [-0.4, -0.2) is 74.4 Å². The number of carbonyl (C=O) groups excluding carboxylic acids is 1. The highest BCUT2D eigenvalue weighted by atomic mass is 16.2. The Hall–Kier alpha value is -1.26. The van der Waals surface area contributed by atoms with Crippen LogP contribution in [0.25, 0.3) is 0 Å². The summed E-state index contributed by atoms with van der Waals surface area (Å²) in [6.07, 6.45) is 5.33. The molecule has 1 fully saturated rings. The fourth-order valence-electron chi connectivity index (χ4n) is 2.41. The minimum absolute atomic E-state index is 0.252. The van der Waals surface area contributed by atoms with Crippen LogP contribution in [0.2, 0.25) is 0 Å². The van der Waals surface area contributed by atoms with Gasteiger partial charge in [0.15, 0.2) is 5.96 Å². The highest BCUT2D eigenvalue weighted by Gasteiger charge is 2.15. The second-order valence-corrected chi connectivity index (χ2v) is 5.52. The third-order valence-electron chi connectivity index (χ3n) is 3.34. The molecule has 1 saturated heterocycles. The van der Waals surface area contributed by atoms with Gasteiger partial charge in [0.05, 0.1) is 6.54 Å². The average molecular weight is 268 g/mol. The van der Waals surface area contributed by atoms with Crippen LogP contribution in [0.5, 0.6) is 0 Å². The standard InChI is InChI=1S/C14H28N4O/c1-16(2)14(17(3)4)15-10-9-13(19)18-11-7-5-6-8-12-18/h5-12H2,1-4H3. The molecule has 19 heavy (non-hydrogen) atoms. The summed E-state index contributed by atoms with van der Waals surface area (Å²) >= 11 is 0. The van der Waals surface area contributed by atoms with Gasteiger partial charge in [-0.1, -0.05) is 12.8 Å². The molecule has 0 bridgehead atoms. The highest BCUT2D eigenvalue weighted by Crippen LogP contribution is 2.10. The maximum atomic E-state index is 12.1. The molecule has 0 N–H and O–H groups in total. The molecule has 0 aromatic rings. The van der Waals surface area contributed by atoms with Crippen LogP contribution >= 0.6 is 0 Å². The van der Waals surface area contributed by atoms with E-state index >= 15 is 0 Å². The van der Waals surface area contributed by atoms with Gasteiger partial charge in [0.1, 0.15) is 0 Å². The molecule has 1 aliphatic heterocycles. The summed E-state index contributed by atoms with van der Waals surface area (Å²) in [5.41, 5.74) is 0. The van der Waals surface area contributed by atoms with E-state index in [2.05, 4.69) is 4.99 Å². The van der Waals surface area contributed by atoms with Crippen LogP contribution in [0.3, 0.4) is 0 Å². The molecule has 0 aromatic carbocycles. The molecule has 0 atom stereocenters. The van der Waals surface area contributed by atoms with Crippen LogP contribution in [0.1, 0.15) is 32.1 Å². The van der Waals surface area contributed by atoms with E-state index < -0.39 is 0 Å². The van der Waals surface area contributed by atoms with E-state index in [-0.39, 0.29) is 5.91 Å². The first kappa shape index (κ1) is 15.8. The SMILES string of the molecule is CN(C)C(=NCCC(=O)N1CCCCCC1)N(C)C. The Morgan fingerprint density at radius 1 is 1.00 bits per heavy atom. The summed E-state index contributed by atoms with van der Waals surface area (Å²) in [5.74, 6) is 1.16. The predicted molar refractivity (Wildman–Crippen MR) is 79.3 cm³/mol. The van der Waals surface area contributed by atoms with Crippen LogP contribution < -0.4 is 0 Å². The monoisotopic (exact) mass is 268 g/mol. The van der Waals surface area contributed by atoms with Gasteiger partial charge in [0, 0.05) is 47.7 Å². The van der Waals surface area contributed by atoms with E-state index in [4.69, 9.17) is 0 Å². The lowest BCUT2D eigenvalue weighted by atomic mass is 10.2. The van der Waals surface area contributed by atoms with Gasteiger partial charge in [-0.25, -0.2) is 0 Å². The number of likely N-dealkylation sites (tertiary alicyclic amines) is 1. The minimum atomic E-state index is 0.252. The third kappa shape index (κ3) is 5.49. The molecule has 1 heterocycles. The molecule has 0 unspecified atom stereocenters. The molecule has 0 radical (unpaired) electrons. The van der Waals surface area contributed by atoms with Crippen LogP contribution in [-0.2, 0) is 4.79 Å². The predicted octanol–water partition coefficient (Wildman–Crippen LogP) is 1.26. The first-order valence-corrected chi connectivity index (χ1v) is 7.19. The number of hydrogen-bond acceptors (Lipinski definition) is 2. The second-order valence-electron chi connectivity index (χ2n) is 5.52. The molecule has 1 rings (SSSR count). The van der Waals surface area contributed by atoms with Crippen LogP contribution in [0.15, 0.2) is 4.99 Å². The Labute approximate surface area is 117 Å². The van der Waals surface area contributed by atoms with Gasteiger partial charge >= 0.3 is 0 Å². The van der Waals surface area contributed by atoms with Crippen molar-refractivity contribution in [2.75, 3.05) is 47.8 Å². The topological polar surface area (TPSA) is 39.2 Å². The number of guanidine groups is 1. The quantitative estimate of drug-likeness (QED) is 0.571. The fourth-order valence-corrected chi connectivity index (χ4v) is 2.41. The Morgan fingerprint density at radius 3 is 2.00 bits per heavy atom. The van der Waals surface area contributed by atoms with Crippen molar-refractivity contribution in [1.29, 1.82) is 0 Å². The van der Waals surface area contributed by atoms with Crippen molar-refractivity contribution >= 4 is 11.9 Å². The summed E-state index contributed by atoms with van der Waals surface area (Å²) in [4.78, 5) is 22.5. The maximum Gasteiger partial charge on any atom is 0.224 e. The molecule has 5 nitrogen and oxygen atoms in total. The molecule has 110 valence electrons. The van der Waals surface area contributed by atoms with Gasteiger partial charge < -0.3 is 14.7 Å². The smallest absolute Gasteiger partial charge is 0.224 e. The van der Waals surface area contributed by atoms with Gasteiger partial charge in [-0.3, -0.25) is 9.79 Å². The van der Waals surface area contributed by atoms with E-state index in [1.807, 2.05) is 42.9 Å². The van der Waals surface area contributed by atoms with Gasteiger partial charge in [-0.2, -0.15) is 0 Å². The van der Waals surface area contributed by atoms with Crippen molar-refractivity contribution < 1.29 is 4.79 Å². The Bertz CT molecular complexity index is 295. The van der Waals surface area contributed by atoms with Crippen molar-refractivity contribution in [3.63, 3.8) is 0 Å². The molecular formula is C14H28N4O. The summed E-state index contributed by atoms with van der Waals surface area (Å²) in [6.45, 7) is 2.43. The van der Waals surface area contributed by atoms with Gasteiger partial charge in [0.25, 0.3) is 0 Å². The molecular weight excluding hydrogens is 240 g/mol. The van der Waals surface area contributed by atoms with Crippen molar-refractivity contribution in [3.8, 4) is 0 Å². The number of rotatable bonds is 3. The van der Waals surface area contributed by atoms with Gasteiger partial charge in [-0.05, 0) is 12.8 Å². The van der Waals surface area contributed by atoms with E-state index in [0.29, 0.717) is 13.0 Å². The highest BCUT2D eigenvalue weighted by molar-refractivity contribution is 5.80. The van der Waals surface area contributed by atoms with E-state index in [9.17, 15) is 4.79 Å². The number of carbonyl (C=O) groups is 1.